The lowest BCUT2D eigenvalue weighted by Crippen LogP contribution is -2.30. The van der Waals surface area contributed by atoms with E-state index >= 15 is 0 Å². The number of benzene rings is 1. The van der Waals surface area contributed by atoms with Crippen LogP contribution in [0.1, 0.15) is 34.1 Å². The summed E-state index contributed by atoms with van der Waals surface area (Å²) in [7, 11) is 1.61. The van der Waals surface area contributed by atoms with Gasteiger partial charge in [0, 0.05) is 31.3 Å². The van der Waals surface area contributed by atoms with E-state index in [1.54, 1.807) is 31.3 Å². The Morgan fingerprint density at radius 3 is 2.63 bits per heavy atom. The van der Waals surface area contributed by atoms with E-state index in [1.165, 1.54) is 4.90 Å². The Hall–Kier alpha value is -1.88. The van der Waals surface area contributed by atoms with Gasteiger partial charge in [0.15, 0.2) is 0 Å². The van der Waals surface area contributed by atoms with Crippen LogP contribution in [0.4, 0.5) is 0 Å². The number of aliphatic hydroxyl groups excluding tert-OH is 1. The summed E-state index contributed by atoms with van der Waals surface area (Å²) < 4.78 is 0. The van der Waals surface area contributed by atoms with Crippen LogP contribution in [0.25, 0.3) is 0 Å². The quantitative estimate of drug-likeness (QED) is 0.801. The zero-order chi connectivity index (χ0) is 14.3. The maximum absolute atomic E-state index is 12.0. The minimum Gasteiger partial charge on any atom is -0.395 e. The van der Waals surface area contributed by atoms with Crippen molar-refractivity contribution in [2.24, 2.45) is 0 Å². The number of hydrogen-bond acceptors (Lipinski definition) is 3. The molecule has 2 N–H and O–H groups in total. The number of carbonyl (C=O) groups is 2. The third kappa shape index (κ3) is 4.37. The number of nitrogens with one attached hydrogen (secondary N) is 1. The van der Waals surface area contributed by atoms with Gasteiger partial charge in [-0.3, -0.25) is 9.59 Å². The van der Waals surface area contributed by atoms with Gasteiger partial charge in [0.25, 0.3) is 11.8 Å². The Morgan fingerprint density at radius 2 is 2.00 bits per heavy atom. The maximum Gasteiger partial charge on any atom is 0.253 e. The molecule has 1 rings (SSSR count). The zero-order valence-electron chi connectivity index (χ0n) is 11.3. The van der Waals surface area contributed by atoms with Crippen LogP contribution in [0.15, 0.2) is 24.3 Å². The van der Waals surface area contributed by atoms with Crippen LogP contribution >= 0.6 is 0 Å². The first-order valence-electron chi connectivity index (χ1n) is 6.34. The minimum absolute atomic E-state index is 0.0844. The lowest BCUT2D eigenvalue weighted by Gasteiger charge is -2.16. The average molecular weight is 264 g/mol. The summed E-state index contributed by atoms with van der Waals surface area (Å²) >= 11 is 0. The summed E-state index contributed by atoms with van der Waals surface area (Å²) in [5.74, 6) is -0.388. The lowest BCUT2D eigenvalue weighted by atomic mass is 10.1. The van der Waals surface area contributed by atoms with Crippen LogP contribution in [-0.2, 0) is 0 Å². The van der Waals surface area contributed by atoms with E-state index in [-0.39, 0.29) is 25.0 Å². The van der Waals surface area contributed by atoms with E-state index in [2.05, 4.69) is 5.32 Å². The van der Waals surface area contributed by atoms with E-state index in [0.29, 0.717) is 17.7 Å². The zero-order valence-corrected chi connectivity index (χ0v) is 11.3. The standard InChI is InChI=1S/C14H20N2O3/c1-3-7-15-13(18)11-5-4-6-12(10-11)14(19)16(2)8-9-17/h4-6,10,17H,3,7-9H2,1-2H3,(H,15,18). The number of aliphatic hydroxyl groups is 1. The molecule has 2 amide bonds. The molecule has 0 aromatic heterocycles. The summed E-state index contributed by atoms with van der Waals surface area (Å²) in [5.41, 5.74) is 0.914. The van der Waals surface area contributed by atoms with Gasteiger partial charge in [0.05, 0.1) is 6.61 Å². The van der Waals surface area contributed by atoms with Crippen LogP contribution in [0.5, 0.6) is 0 Å². The molecule has 1 aromatic rings. The summed E-state index contributed by atoms with van der Waals surface area (Å²) in [5, 5.41) is 11.6. The van der Waals surface area contributed by atoms with Gasteiger partial charge in [-0.1, -0.05) is 13.0 Å². The fraction of sp³-hybridized carbons (Fsp3) is 0.429. The van der Waals surface area contributed by atoms with Crippen LogP contribution in [-0.4, -0.2) is 48.6 Å². The number of hydrogen-bond donors (Lipinski definition) is 2. The molecule has 0 atom stereocenters. The van der Waals surface area contributed by atoms with Gasteiger partial charge < -0.3 is 15.3 Å². The highest BCUT2D eigenvalue weighted by Gasteiger charge is 2.13. The predicted molar refractivity (Wildman–Crippen MR) is 73.1 cm³/mol. The van der Waals surface area contributed by atoms with Gasteiger partial charge >= 0.3 is 0 Å². The van der Waals surface area contributed by atoms with Crippen molar-refractivity contribution in [2.45, 2.75) is 13.3 Å². The Morgan fingerprint density at radius 1 is 1.32 bits per heavy atom. The molecule has 5 nitrogen and oxygen atoms in total. The average Bonchev–Trinajstić information content (AvgIpc) is 2.44. The highest BCUT2D eigenvalue weighted by atomic mass is 16.3. The summed E-state index contributed by atoms with van der Waals surface area (Å²) in [6, 6.07) is 6.59. The highest BCUT2D eigenvalue weighted by Crippen LogP contribution is 2.08. The van der Waals surface area contributed by atoms with Gasteiger partial charge in [0.2, 0.25) is 0 Å². The number of likely N-dealkylation sites (N-methyl/N-ethyl adjacent to an activating group) is 1. The fourth-order valence-electron chi connectivity index (χ4n) is 1.61. The molecule has 0 saturated heterocycles. The van der Waals surface area contributed by atoms with Gasteiger partial charge in [-0.2, -0.15) is 0 Å². The molecule has 5 heteroatoms. The SMILES string of the molecule is CCCNC(=O)c1cccc(C(=O)N(C)CCO)c1. The predicted octanol–water partition coefficient (Wildman–Crippen LogP) is 0.891. The van der Waals surface area contributed by atoms with Crippen molar-refractivity contribution in [1.29, 1.82) is 0 Å². The molecular formula is C14H20N2O3. The van der Waals surface area contributed by atoms with Crippen molar-refractivity contribution in [2.75, 3.05) is 26.7 Å². The van der Waals surface area contributed by atoms with Crippen molar-refractivity contribution >= 4 is 11.8 Å². The number of rotatable bonds is 6. The molecule has 0 aliphatic carbocycles. The highest BCUT2D eigenvalue weighted by molar-refractivity contribution is 5.99. The van der Waals surface area contributed by atoms with Gasteiger partial charge in [0.1, 0.15) is 0 Å². The topological polar surface area (TPSA) is 69.6 Å². The third-order valence-corrected chi connectivity index (χ3v) is 2.69. The smallest absolute Gasteiger partial charge is 0.253 e. The van der Waals surface area contributed by atoms with Crippen LogP contribution in [0.3, 0.4) is 0 Å². The summed E-state index contributed by atoms with van der Waals surface area (Å²) in [4.78, 5) is 25.2. The summed E-state index contributed by atoms with van der Waals surface area (Å²) in [6.07, 6.45) is 0.865. The molecule has 1 aromatic carbocycles. The molecular weight excluding hydrogens is 244 g/mol. The van der Waals surface area contributed by atoms with Crippen LogP contribution < -0.4 is 5.32 Å². The minimum atomic E-state index is -0.209. The molecule has 0 aliphatic heterocycles. The first-order valence-corrected chi connectivity index (χ1v) is 6.34. The van der Waals surface area contributed by atoms with Gasteiger partial charge in [-0.05, 0) is 24.6 Å². The molecule has 0 aliphatic rings. The molecule has 0 heterocycles. The summed E-state index contributed by atoms with van der Waals surface area (Å²) in [6.45, 7) is 2.77. The van der Waals surface area contributed by atoms with E-state index in [1.807, 2.05) is 6.92 Å². The third-order valence-electron chi connectivity index (χ3n) is 2.69. The fourth-order valence-corrected chi connectivity index (χ4v) is 1.61. The molecule has 0 unspecified atom stereocenters. The Kier molecular flexibility index (Phi) is 6.02. The first kappa shape index (κ1) is 15.2. The Balaban J connectivity index is 2.82. The van der Waals surface area contributed by atoms with E-state index in [9.17, 15) is 9.59 Å². The largest absolute Gasteiger partial charge is 0.395 e. The molecule has 0 spiro atoms. The van der Waals surface area contributed by atoms with Crippen molar-refractivity contribution < 1.29 is 14.7 Å². The number of nitrogens with zero attached hydrogens (tertiary/aromatic N) is 1. The van der Waals surface area contributed by atoms with Crippen molar-refractivity contribution in [3.8, 4) is 0 Å². The van der Waals surface area contributed by atoms with E-state index in [0.717, 1.165) is 6.42 Å². The maximum atomic E-state index is 12.0. The Labute approximate surface area is 113 Å². The second kappa shape index (κ2) is 7.53. The van der Waals surface area contributed by atoms with Crippen LogP contribution in [0, 0.1) is 0 Å². The molecule has 0 saturated carbocycles. The molecule has 0 fully saturated rings. The monoisotopic (exact) mass is 264 g/mol. The van der Waals surface area contributed by atoms with E-state index in [4.69, 9.17) is 5.11 Å². The molecule has 104 valence electrons. The van der Waals surface area contributed by atoms with Gasteiger partial charge in [-0.25, -0.2) is 0 Å². The Bertz CT molecular complexity index is 446. The van der Waals surface area contributed by atoms with Crippen molar-refractivity contribution in [3.63, 3.8) is 0 Å². The second-order valence-corrected chi connectivity index (χ2v) is 4.29. The van der Waals surface area contributed by atoms with Gasteiger partial charge in [-0.15, -0.1) is 0 Å². The number of amides is 2. The van der Waals surface area contributed by atoms with Crippen molar-refractivity contribution in [3.05, 3.63) is 35.4 Å². The molecule has 19 heavy (non-hydrogen) atoms. The first-order chi connectivity index (χ1) is 9.10. The molecule has 0 bridgehead atoms. The van der Waals surface area contributed by atoms with E-state index < -0.39 is 0 Å². The van der Waals surface area contributed by atoms with Crippen LogP contribution in [0.2, 0.25) is 0 Å². The normalized spacial score (nSPS) is 10.1. The van der Waals surface area contributed by atoms with Crippen molar-refractivity contribution in [1.82, 2.24) is 10.2 Å². The molecule has 0 radical (unpaired) electrons. The lowest BCUT2D eigenvalue weighted by molar-refractivity contribution is 0.0767. The second-order valence-electron chi connectivity index (χ2n) is 4.29. The number of carbonyl (C=O) groups excluding carboxylic acids is 2.